The number of hydrogen-bond acceptors (Lipinski definition) is 4. The Balaban J connectivity index is 1.55. The number of rotatable bonds is 3. The first-order chi connectivity index (χ1) is 13.0. The molecule has 4 rings (SSSR count). The van der Waals surface area contributed by atoms with E-state index in [2.05, 4.69) is 26.6 Å². The van der Waals surface area contributed by atoms with Gasteiger partial charge in [-0.25, -0.2) is 4.79 Å². The number of nitrogens with zero attached hydrogens (tertiary/aromatic N) is 1. The maximum absolute atomic E-state index is 12.7. The fourth-order valence-corrected chi connectivity index (χ4v) is 3.58. The lowest BCUT2D eigenvalue weighted by Crippen LogP contribution is -2.28. The van der Waals surface area contributed by atoms with Crippen LogP contribution < -0.4 is 25.0 Å². The Bertz CT molecular complexity index is 931. The number of anilines is 2. The Hall–Kier alpha value is -2.74. The van der Waals surface area contributed by atoms with Crippen LogP contribution in [0.3, 0.4) is 0 Å². The van der Waals surface area contributed by atoms with E-state index < -0.39 is 0 Å². The largest absolute Gasteiger partial charge is 0.486 e. The summed E-state index contributed by atoms with van der Waals surface area (Å²) in [5.74, 6) is 1.01. The van der Waals surface area contributed by atoms with Gasteiger partial charge in [0.2, 0.25) is 0 Å². The van der Waals surface area contributed by atoms with E-state index in [1.807, 2.05) is 6.92 Å². The van der Waals surface area contributed by atoms with Crippen LogP contribution >= 0.6 is 15.9 Å². The Morgan fingerprint density at radius 3 is 2.59 bits per heavy atom. The number of fused-ring (bicyclic) bond motifs is 1. The highest BCUT2D eigenvalue weighted by Gasteiger charge is 2.23. The first-order valence-electron chi connectivity index (χ1n) is 8.59. The molecular weight excluding hydrogens is 414 g/mol. The molecule has 0 atom stereocenters. The second kappa shape index (κ2) is 7.11. The van der Waals surface area contributed by atoms with Gasteiger partial charge in [-0.1, -0.05) is 0 Å². The van der Waals surface area contributed by atoms with Crippen molar-refractivity contribution in [2.24, 2.45) is 0 Å². The summed E-state index contributed by atoms with van der Waals surface area (Å²) in [6.07, 6.45) is 0. The molecule has 2 aromatic rings. The van der Waals surface area contributed by atoms with Crippen molar-refractivity contribution < 1.29 is 19.1 Å². The molecule has 0 radical (unpaired) electrons. The molecule has 2 heterocycles. The molecule has 1 fully saturated rings. The van der Waals surface area contributed by atoms with Gasteiger partial charge in [-0.2, -0.15) is 0 Å². The Morgan fingerprint density at radius 1 is 1.19 bits per heavy atom. The monoisotopic (exact) mass is 431 g/mol. The molecule has 140 valence electrons. The molecule has 2 N–H and O–H groups in total. The number of nitrogens with one attached hydrogen (secondary N) is 2. The van der Waals surface area contributed by atoms with Gasteiger partial charge in [-0.3, -0.25) is 9.69 Å². The quantitative estimate of drug-likeness (QED) is 0.780. The minimum absolute atomic E-state index is 0.115. The van der Waals surface area contributed by atoms with Gasteiger partial charge in [-0.05, 0) is 46.6 Å². The second-order valence-electron chi connectivity index (χ2n) is 6.31. The van der Waals surface area contributed by atoms with Gasteiger partial charge in [0.05, 0.1) is 5.69 Å². The van der Waals surface area contributed by atoms with Gasteiger partial charge < -0.3 is 20.1 Å². The molecule has 1 saturated heterocycles. The van der Waals surface area contributed by atoms with E-state index in [9.17, 15) is 9.59 Å². The fourth-order valence-electron chi connectivity index (χ4n) is 3.16. The average Bonchev–Trinajstić information content (AvgIpc) is 3.08. The van der Waals surface area contributed by atoms with Crippen LogP contribution in [0.5, 0.6) is 11.5 Å². The predicted molar refractivity (Wildman–Crippen MR) is 105 cm³/mol. The molecular formula is C19H18BrN3O4. The van der Waals surface area contributed by atoms with Crippen molar-refractivity contribution >= 4 is 39.2 Å². The van der Waals surface area contributed by atoms with Gasteiger partial charge >= 0.3 is 6.03 Å². The minimum atomic E-state index is -0.243. The standard InChI is InChI=1S/C19H18BrN3O4/c1-11-8-12(2-3-15(11)23-5-4-21-19(23)25)18(24)22-14-10-17-16(9-13(14)20)26-6-7-27-17/h2-3,8-10H,4-7H2,1H3,(H,21,25)(H,22,24). The van der Waals surface area contributed by atoms with Gasteiger partial charge in [0.15, 0.2) is 11.5 Å². The third kappa shape index (κ3) is 3.44. The zero-order valence-corrected chi connectivity index (χ0v) is 16.3. The average molecular weight is 432 g/mol. The zero-order valence-electron chi connectivity index (χ0n) is 14.7. The molecule has 2 aliphatic heterocycles. The first kappa shape index (κ1) is 17.7. The number of amides is 3. The third-order valence-corrected chi connectivity index (χ3v) is 5.14. The lowest BCUT2D eigenvalue weighted by Gasteiger charge is -2.20. The number of carbonyl (C=O) groups is 2. The summed E-state index contributed by atoms with van der Waals surface area (Å²) < 4.78 is 11.8. The van der Waals surface area contributed by atoms with Crippen molar-refractivity contribution in [2.45, 2.75) is 6.92 Å². The van der Waals surface area contributed by atoms with Gasteiger partial charge in [0.1, 0.15) is 13.2 Å². The SMILES string of the molecule is Cc1cc(C(=O)Nc2cc3c(cc2Br)OCCO3)ccc1N1CCNC1=O. The molecule has 0 spiro atoms. The molecule has 27 heavy (non-hydrogen) atoms. The summed E-state index contributed by atoms with van der Waals surface area (Å²) in [4.78, 5) is 26.2. The number of ether oxygens (including phenoxy) is 2. The molecule has 0 bridgehead atoms. The van der Waals surface area contributed by atoms with Crippen molar-refractivity contribution in [3.63, 3.8) is 0 Å². The smallest absolute Gasteiger partial charge is 0.322 e. The number of aryl methyl sites for hydroxylation is 1. The molecule has 8 heteroatoms. The molecule has 0 unspecified atom stereocenters. The van der Waals surface area contributed by atoms with Gasteiger partial charge in [-0.15, -0.1) is 0 Å². The van der Waals surface area contributed by atoms with E-state index in [0.717, 1.165) is 11.3 Å². The third-order valence-electron chi connectivity index (χ3n) is 4.49. The van der Waals surface area contributed by atoms with E-state index >= 15 is 0 Å². The number of benzene rings is 2. The lowest BCUT2D eigenvalue weighted by atomic mass is 10.1. The molecule has 2 aliphatic rings. The van der Waals surface area contributed by atoms with Crippen LogP contribution in [0.15, 0.2) is 34.8 Å². The molecule has 2 aromatic carbocycles. The van der Waals surface area contributed by atoms with Crippen LogP contribution in [0.4, 0.5) is 16.2 Å². The summed E-state index contributed by atoms with van der Waals surface area (Å²) in [5.41, 5.74) is 2.78. The minimum Gasteiger partial charge on any atom is -0.486 e. The fraction of sp³-hybridized carbons (Fsp3) is 0.263. The van der Waals surface area contributed by atoms with E-state index in [1.165, 1.54) is 0 Å². The highest BCUT2D eigenvalue weighted by atomic mass is 79.9. The summed E-state index contributed by atoms with van der Waals surface area (Å²) in [7, 11) is 0. The number of hydrogen-bond donors (Lipinski definition) is 2. The van der Waals surface area contributed by atoms with E-state index in [4.69, 9.17) is 9.47 Å². The van der Waals surface area contributed by atoms with Gasteiger partial charge in [0, 0.05) is 40.9 Å². The topological polar surface area (TPSA) is 79.9 Å². The predicted octanol–water partition coefficient (Wildman–Crippen LogP) is 3.31. The van der Waals surface area contributed by atoms with E-state index in [-0.39, 0.29) is 11.9 Å². The van der Waals surface area contributed by atoms with Crippen molar-refractivity contribution in [1.29, 1.82) is 0 Å². The lowest BCUT2D eigenvalue weighted by molar-refractivity contribution is 0.102. The first-order valence-corrected chi connectivity index (χ1v) is 9.39. The maximum atomic E-state index is 12.7. The summed E-state index contributed by atoms with van der Waals surface area (Å²) in [6.45, 7) is 4.12. The van der Waals surface area contributed by atoms with Crippen LogP contribution in [0, 0.1) is 6.92 Å². The van der Waals surface area contributed by atoms with Crippen LogP contribution in [-0.2, 0) is 0 Å². The van der Waals surface area contributed by atoms with Crippen LogP contribution in [-0.4, -0.2) is 38.2 Å². The van der Waals surface area contributed by atoms with Gasteiger partial charge in [0.25, 0.3) is 5.91 Å². The van der Waals surface area contributed by atoms with Crippen LogP contribution in [0.25, 0.3) is 0 Å². The van der Waals surface area contributed by atoms with Crippen molar-refractivity contribution in [2.75, 3.05) is 36.5 Å². The van der Waals surface area contributed by atoms with E-state index in [0.29, 0.717) is 53.5 Å². The molecule has 0 saturated carbocycles. The van der Waals surface area contributed by atoms with Crippen molar-refractivity contribution in [1.82, 2.24) is 5.32 Å². The molecule has 3 amide bonds. The number of carbonyl (C=O) groups excluding carboxylic acids is 2. The number of halogens is 1. The van der Waals surface area contributed by atoms with Crippen LogP contribution in [0.2, 0.25) is 0 Å². The Kier molecular flexibility index (Phi) is 4.65. The Labute approximate surface area is 164 Å². The Morgan fingerprint density at radius 2 is 1.93 bits per heavy atom. The van der Waals surface area contributed by atoms with E-state index in [1.54, 1.807) is 35.2 Å². The summed E-state index contributed by atoms with van der Waals surface area (Å²) in [5, 5.41) is 5.66. The maximum Gasteiger partial charge on any atom is 0.322 e. The van der Waals surface area contributed by atoms with Crippen LogP contribution in [0.1, 0.15) is 15.9 Å². The second-order valence-corrected chi connectivity index (χ2v) is 7.17. The van der Waals surface area contributed by atoms with Crippen molar-refractivity contribution in [3.05, 3.63) is 45.9 Å². The highest BCUT2D eigenvalue weighted by Crippen LogP contribution is 2.38. The number of urea groups is 1. The molecule has 0 aromatic heterocycles. The zero-order chi connectivity index (χ0) is 19.0. The molecule has 0 aliphatic carbocycles. The highest BCUT2D eigenvalue weighted by molar-refractivity contribution is 9.10. The van der Waals surface area contributed by atoms with Crippen molar-refractivity contribution in [3.8, 4) is 11.5 Å². The summed E-state index contributed by atoms with van der Waals surface area (Å²) in [6, 6.07) is 8.71. The summed E-state index contributed by atoms with van der Waals surface area (Å²) >= 11 is 3.45. The molecule has 7 nitrogen and oxygen atoms in total. The normalized spacial score (nSPS) is 15.5.